The van der Waals surface area contributed by atoms with Gasteiger partial charge in [-0.3, -0.25) is 0 Å². The Bertz CT molecular complexity index is 456. The first-order chi connectivity index (χ1) is 7.86. The summed E-state index contributed by atoms with van der Waals surface area (Å²) in [6.45, 7) is 4.39. The van der Waals surface area contributed by atoms with Crippen LogP contribution in [0.2, 0.25) is 5.02 Å². The second kappa shape index (κ2) is 5.85. The van der Waals surface area contributed by atoms with Gasteiger partial charge in [-0.1, -0.05) is 30.7 Å². The first-order valence-electron chi connectivity index (χ1n) is 5.54. The molecule has 0 radical (unpaired) electrons. The van der Waals surface area contributed by atoms with Gasteiger partial charge in [-0.25, -0.2) is 8.42 Å². The summed E-state index contributed by atoms with van der Waals surface area (Å²) in [7, 11) is -3.08. The first kappa shape index (κ1) is 14.5. The molecule has 1 rings (SSSR count). The van der Waals surface area contributed by atoms with Gasteiger partial charge in [-0.15, -0.1) is 0 Å². The predicted octanol–water partition coefficient (Wildman–Crippen LogP) is 2.42. The van der Waals surface area contributed by atoms with Crippen LogP contribution in [0.15, 0.2) is 24.3 Å². The molecular weight excluding hydrogens is 258 g/mol. The number of rotatable bonds is 5. The van der Waals surface area contributed by atoms with Gasteiger partial charge in [0.25, 0.3) is 0 Å². The van der Waals surface area contributed by atoms with E-state index in [4.69, 9.17) is 11.6 Å². The highest BCUT2D eigenvalue weighted by Gasteiger charge is 2.26. The zero-order chi connectivity index (χ0) is 13.1. The summed E-state index contributed by atoms with van der Waals surface area (Å²) in [5.41, 5.74) is 0.939. The van der Waals surface area contributed by atoms with Gasteiger partial charge < -0.3 is 5.32 Å². The number of nitrogens with one attached hydrogen (secondary N) is 1. The fraction of sp³-hybridized carbons (Fsp3) is 0.500. The molecule has 0 aromatic heterocycles. The van der Waals surface area contributed by atoms with Gasteiger partial charge in [0.15, 0.2) is 9.84 Å². The summed E-state index contributed by atoms with van der Waals surface area (Å²) >= 11 is 5.82. The van der Waals surface area contributed by atoms with Gasteiger partial charge >= 0.3 is 0 Å². The Morgan fingerprint density at radius 3 is 2.24 bits per heavy atom. The molecule has 0 spiro atoms. The van der Waals surface area contributed by atoms with Crippen LogP contribution in [0.5, 0.6) is 0 Å². The Hall–Kier alpha value is -0.580. The molecule has 96 valence electrons. The van der Waals surface area contributed by atoms with Gasteiger partial charge in [0.05, 0.1) is 5.25 Å². The molecule has 0 bridgehead atoms. The van der Waals surface area contributed by atoms with Crippen molar-refractivity contribution >= 4 is 21.4 Å². The minimum absolute atomic E-state index is 0.202. The third-order valence-electron chi connectivity index (χ3n) is 2.80. The van der Waals surface area contributed by atoms with Gasteiger partial charge in [0.2, 0.25) is 0 Å². The van der Waals surface area contributed by atoms with Crippen LogP contribution < -0.4 is 5.32 Å². The van der Waals surface area contributed by atoms with E-state index in [1.807, 2.05) is 19.1 Å². The van der Waals surface area contributed by atoms with Crippen LogP contribution in [-0.4, -0.2) is 26.5 Å². The van der Waals surface area contributed by atoms with Crippen LogP contribution in [0.4, 0.5) is 0 Å². The minimum Gasteiger partial charge on any atom is -0.309 e. The van der Waals surface area contributed by atoms with Crippen molar-refractivity contribution in [2.45, 2.75) is 25.1 Å². The van der Waals surface area contributed by atoms with Crippen molar-refractivity contribution in [1.29, 1.82) is 0 Å². The summed E-state index contributed by atoms with van der Waals surface area (Å²) in [6, 6.07) is 7.06. The minimum atomic E-state index is -3.08. The summed E-state index contributed by atoms with van der Waals surface area (Å²) in [5, 5.41) is 3.38. The molecule has 1 aromatic rings. The van der Waals surface area contributed by atoms with E-state index >= 15 is 0 Å². The van der Waals surface area contributed by atoms with Crippen LogP contribution in [0, 0.1) is 0 Å². The Morgan fingerprint density at radius 2 is 1.82 bits per heavy atom. The monoisotopic (exact) mass is 275 g/mol. The van der Waals surface area contributed by atoms with E-state index in [0.717, 1.165) is 5.56 Å². The van der Waals surface area contributed by atoms with E-state index in [2.05, 4.69) is 5.32 Å². The van der Waals surface area contributed by atoms with Crippen molar-refractivity contribution in [3.63, 3.8) is 0 Å². The smallest absolute Gasteiger partial charge is 0.151 e. The zero-order valence-corrected chi connectivity index (χ0v) is 11.8. The number of sulfone groups is 1. The van der Waals surface area contributed by atoms with Gasteiger partial charge in [0.1, 0.15) is 0 Å². The van der Waals surface area contributed by atoms with E-state index in [1.54, 1.807) is 19.1 Å². The SMILES string of the molecule is CCNC(c1ccc(Cl)cc1)C(C)S(C)(=O)=O. The second-order valence-electron chi connectivity index (χ2n) is 4.12. The predicted molar refractivity (Wildman–Crippen MR) is 72.2 cm³/mol. The second-order valence-corrected chi connectivity index (χ2v) is 6.96. The summed E-state index contributed by atoms with van der Waals surface area (Å²) in [4.78, 5) is 0. The molecule has 2 atom stereocenters. The number of benzene rings is 1. The molecule has 17 heavy (non-hydrogen) atoms. The molecule has 1 N–H and O–H groups in total. The van der Waals surface area contributed by atoms with Crippen LogP contribution in [0.25, 0.3) is 0 Å². The lowest BCUT2D eigenvalue weighted by Crippen LogP contribution is -2.34. The highest BCUT2D eigenvalue weighted by molar-refractivity contribution is 7.91. The molecule has 3 nitrogen and oxygen atoms in total. The topological polar surface area (TPSA) is 46.2 Å². The fourth-order valence-electron chi connectivity index (χ4n) is 1.69. The van der Waals surface area contributed by atoms with Gasteiger partial charge in [-0.2, -0.15) is 0 Å². The Balaban J connectivity index is 3.05. The maximum absolute atomic E-state index is 11.6. The maximum atomic E-state index is 11.6. The fourth-order valence-corrected chi connectivity index (χ4v) is 2.57. The number of hydrogen-bond donors (Lipinski definition) is 1. The van der Waals surface area contributed by atoms with Gasteiger partial charge in [0, 0.05) is 17.3 Å². The van der Waals surface area contributed by atoms with Crippen LogP contribution >= 0.6 is 11.6 Å². The third-order valence-corrected chi connectivity index (χ3v) is 4.67. The Kier molecular flexibility index (Phi) is 4.98. The molecule has 2 unspecified atom stereocenters. The lowest BCUT2D eigenvalue weighted by molar-refractivity contribution is 0.513. The first-order valence-corrected chi connectivity index (χ1v) is 7.87. The molecule has 0 saturated carbocycles. The molecule has 0 aliphatic rings. The molecule has 0 aliphatic carbocycles. The average molecular weight is 276 g/mol. The third kappa shape index (κ3) is 3.98. The van der Waals surface area contributed by atoms with Crippen molar-refractivity contribution in [3.8, 4) is 0 Å². The molecule has 0 fully saturated rings. The number of halogens is 1. The molecule has 0 amide bonds. The standard InChI is InChI=1S/C12H18ClNO2S/c1-4-14-12(9(2)17(3,15)16)10-5-7-11(13)8-6-10/h5-9,12,14H,4H2,1-3H3. The van der Waals surface area contributed by atoms with Crippen LogP contribution in [0.3, 0.4) is 0 Å². The van der Waals surface area contributed by atoms with E-state index in [9.17, 15) is 8.42 Å². The normalized spacial score (nSPS) is 15.5. The Labute approximate surface area is 108 Å². The molecule has 0 saturated heterocycles. The van der Waals surface area contributed by atoms with Crippen LogP contribution in [0.1, 0.15) is 25.5 Å². The average Bonchev–Trinajstić information content (AvgIpc) is 2.25. The highest BCUT2D eigenvalue weighted by atomic mass is 35.5. The molecule has 0 aliphatic heterocycles. The summed E-state index contributed by atoms with van der Waals surface area (Å²) in [5.74, 6) is 0. The van der Waals surface area contributed by atoms with Gasteiger partial charge in [-0.05, 0) is 31.2 Å². The van der Waals surface area contributed by atoms with Crippen LogP contribution in [-0.2, 0) is 9.84 Å². The van der Waals surface area contributed by atoms with E-state index in [0.29, 0.717) is 11.6 Å². The van der Waals surface area contributed by atoms with Crippen molar-refractivity contribution in [2.75, 3.05) is 12.8 Å². The Morgan fingerprint density at radius 1 is 1.29 bits per heavy atom. The van der Waals surface area contributed by atoms with E-state index in [1.165, 1.54) is 6.26 Å². The summed E-state index contributed by atoms with van der Waals surface area (Å²) in [6.07, 6.45) is 1.26. The van der Waals surface area contributed by atoms with Crippen molar-refractivity contribution < 1.29 is 8.42 Å². The van der Waals surface area contributed by atoms with E-state index < -0.39 is 15.1 Å². The highest BCUT2D eigenvalue weighted by Crippen LogP contribution is 2.23. The quantitative estimate of drug-likeness (QED) is 0.898. The molecule has 0 heterocycles. The molecular formula is C12H18ClNO2S. The van der Waals surface area contributed by atoms with Crippen molar-refractivity contribution in [2.24, 2.45) is 0 Å². The zero-order valence-electron chi connectivity index (χ0n) is 10.3. The van der Waals surface area contributed by atoms with Crippen molar-refractivity contribution in [1.82, 2.24) is 5.32 Å². The summed E-state index contributed by atoms with van der Waals surface area (Å²) < 4.78 is 23.2. The maximum Gasteiger partial charge on any atom is 0.151 e. The lowest BCUT2D eigenvalue weighted by atomic mass is 10.0. The number of hydrogen-bond acceptors (Lipinski definition) is 3. The largest absolute Gasteiger partial charge is 0.309 e. The molecule has 5 heteroatoms. The molecule has 1 aromatic carbocycles. The lowest BCUT2D eigenvalue weighted by Gasteiger charge is -2.24. The van der Waals surface area contributed by atoms with Crippen molar-refractivity contribution in [3.05, 3.63) is 34.9 Å². The van der Waals surface area contributed by atoms with E-state index in [-0.39, 0.29) is 6.04 Å².